The van der Waals surface area contributed by atoms with Crippen molar-refractivity contribution >= 4 is 11.9 Å². The van der Waals surface area contributed by atoms with Crippen LogP contribution in [0.5, 0.6) is 0 Å². The number of carbonyl (C=O) groups is 2. The van der Waals surface area contributed by atoms with E-state index in [1.54, 1.807) is 6.92 Å². The van der Waals surface area contributed by atoms with Crippen molar-refractivity contribution in [3.63, 3.8) is 0 Å². The number of carboxylic acids is 1. The molecule has 2 rings (SSSR count). The number of aryl methyl sites for hydroxylation is 2. The maximum atomic E-state index is 12.3. The van der Waals surface area contributed by atoms with Gasteiger partial charge in [-0.1, -0.05) is 25.7 Å². The zero-order valence-electron chi connectivity index (χ0n) is 12.6. The lowest BCUT2D eigenvalue weighted by Gasteiger charge is -2.27. The molecule has 0 spiro atoms. The Morgan fingerprint density at radius 1 is 1.19 bits per heavy atom. The molecule has 0 aromatic carbocycles. The molecule has 0 saturated heterocycles. The van der Waals surface area contributed by atoms with Crippen molar-refractivity contribution in [3.8, 4) is 0 Å². The average Bonchev–Trinajstić information content (AvgIpc) is 2.71. The molecule has 1 aliphatic carbocycles. The minimum absolute atomic E-state index is 0.290. The molecule has 21 heavy (non-hydrogen) atoms. The molecule has 5 heteroatoms. The Balaban J connectivity index is 2.11. The Kier molecular flexibility index (Phi) is 5.04. The van der Waals surface area contributed by atoms with Crippen molar-refractivity contribution in [2.45, 2.75) is 58.4 Å². The molecule has 1 saturated carbocycles. The Bertz CT molecular complexity index is 520. The highest BCUT2D eigenvalue weighted by molar-refractivity contribution is 5.93. The Labute approximate surface area is 124 Å². The van der Waals surface area contributed by atoms with E-state index in [9.17, 15) is 14.7 Å². The van der Waals surface area contributed by atoms with Gasteiger partial charge in [0.2, 0.25) is 0 Å². The van der Waals surface area contributed by atoms with Crippen molar-refractivity contribution in [1.82, 2.24) is 5.32 Å². The first-order valence-electron chi connectivity index (χ1n) is 7.59. The summed E-state index contributed by atoms with van der Waals surface area (Å²) in [5.74, 6) is -0.665. The first kappa shape index (κ1) is 15.6. The minimum Gasteiger partial charge on any atom is -0.481 e. The highest BCUT2D eigenvalue weighted by Crippen LogP contribution is 2.24. The molecular weight excluding hydrogens is 270 g/mol. The fourth-order valence-corrected chi connectivity index (χ4v) is 3.05. The van der Waals surface area contributed by atoms with Gasteiger partial charge in [0.1, 0.15) is 5.76 Å². The maximum Gasteiger partial charge on any atom is 0.308 e. The van der Waals surface area contributed by atoms with Gasteiger partial charge in [-0.3, -0.25) is 9.59 Å². The van der Waals surface area contributed by atoms with Gasteiger partial charge in [-0.15, -0.1) is 0 Å². The zero-order chi connectivity index (χ0) is 15.4. The van der Waals surface area contributed by atoms with Crippen molar-refractivity contribution in [3.05, 3.63) is 23.2 Å². The largest absolute Gasteiger partial charge is 0.481 e. The van der Waals surface area contributed by atoms with Gasteiger partial charge in [0, 0.05) is 11.6 Å². The quantitative estimate of drug-likeness (QED) is 0.897. The number of hydrogen-bond acceptors (Lipinski definition) is 3. The molecule has 0 aliphatic heterocycles. The summed E-state index contributed by atoms with van der Waals surface area (Å²) in [5, 5.41) is 12.3. The van der Waals surface area contributed by atoms with E-state index in [1.165, 1.54) is 0 Å². The number of aliphatic carboxylic acids is 1. The number of furan rings is 1. The van der Waals surface area contributed by atoms with Gasteiger partial charge in [-0.25, -0.2) is 0 Å². The fourth-order valence-electron chi connectivity index (χ4n) is 3.05. The molecule has 1 aliphatic rings. The van der Waals surface area contributed by atoms with E-state index in [2.05, 4.69) is 5.32 Å². The SMILES string of the molecule is Cc1cc(C)c(C(=O)NC2CCCCCCC2C(=O)O)o1. The second-order valence-corrected chi connectivity index (χ2v) is 5.89. The van der Waals surface area contributed by atoms with Crippen LogP contribution in [0.25, 0.3) is 0 Å². The first-order chi connectivity index (χ1) is 9.99. The Morgan fingerprint density at radius 2 is 1.86 bits per heavy atom. The van der Waals surface area contributed by atoms with Gasteiger partial charge in [-0.05, 0) is 32.8 Å². The normalized spacial score (nSPS) is 23.1. The van der Waals surface area contributed by atoms with E-state index in [1.807, 2.05) is 13.0 Å². The van der Waals surface area contributed by atoms with Gasteiger partial charge in [0.05, 0.1) is 5.92 Å². The van der Waals surface area contributed by atoms with Crippen molar-refractivity contribution in [1.29, 1.82) is 0 Å². The second kappa shape index (κ2) is 6.78. The van der Waals surface area contributed by atoms with Gasteiger partial charge in [0.15, 0.2) is 5.76 Å². The summed E-state index contributed by atoms with van der Waals surface area (Å²) >= 11 is 0. The summed E-state index contributed by atoms with van der Waals surface area (Å²) in [6.45, 7) is 3.61. The maximum absolute atomic E-state index is 12.3. The highest BCUT2D eigenvalue weighted by Gasteiger charge is 2.31. The Hall–Kier alpha value is -1.78. The van der Waals surface area contributed by atoms with Crippen LogP contribution in [0.1, 0.15) is 60.4 Å². The summed E-state index contributed by atoms with van der Waals surface area (Å²) in [6.07, 6.45) is 5.35. The molecular formula is C16H23NO4. The van der Waals surface area contributed by atoms with Crippen LogP contribution in [0, 0.1) is 19.8 Å². The Morgan fingerprint density at radius 3 is 2.43 bits per heavy atom. The molecule has 1 amide bonds. The van der Waals surface area contributed by atoms with Crippen LogP contribution in [0.15, 0.2) is 10.5 Å². The van der Waals surface area contributed by atoms with Crippen LogP contribution in [0.4, 0.5) is 0 Å². The summed E-state index contributed by atoms with van der Waals surface area (Å²) in [4.78, 5) is 23.8. The van der Waals surface area contributed by atoms with E-state index < -0.39 is 11.9 Å². The molecule has 116 valence electrons. The third-order valence-corrected chi connectivity index (χ3v) is 4.15. The predicted octanol–water partition coefficient (Wildman–Crippen LogP) is 3.05. The van der Waals surface area contributed by atoms with Crippen molar-refractivity contribution < 1.29 is 19.1 Å². The van der Waals surface area contributed by atoms with Crippen LogP contribution in [-0.4, -0.2) is 23.0 Å². The molecule has 1 aromatic heterocycles. The average molecular weight is 293 g/mol. The lowest BCUT2D eigenvalue weighted by atomic mass is 9.86. The fraction of sp³-hybridized carbons (Fsp3) is 0.625. The van der Waals surface area contributed by atoms with Crippen molar-refractivity contribution in [2.75, 3.05) is 0 Å². The van der Waals surface area contributed by atoms with Crippen LogP contribution in [0.2, 0.25) is 0 Å². The lowest BCUT2D eigenvalue weighted by molar-refractivity contribution is -0.143. The van der Waals surface area contributed by atoms with Gasteiger partial charge < -0.3 is 14.8 Å². The van der Waals surface area contributed by atoms with Crippen LogP contribution in [-0.2, 0) is 4.79 Å². The summed E-state index contributed by atoms with van der Waals surface area (Å²) < 4.78 is 5.41. The zero-order valence-corrected chi connectivity index (χ0v) is 12.6. The molecule has 1 fully saturated rings. The van der Waals surface area contributed by atoms with E-state index in [4.69, 9.17) is 4.42 Å². The van der Waals surface area contributed by atoms with E-state index in [-0.39, 0.29) is 11.9 Å². The van der Waals surface area contributed by atoms with Gasteiger partial charge in [-0.2, -0.15) is 0 Å². The smallest absolute Gasteiger partial charge is 0.308 e. The topological polar surface area (TPSA) is 79.5 Å². The predicted molar refractivity (Wildman–Crippen MR) is 78.3 cm³/mol. The second-order valence-electron chi connectivity index (χ2n) is 5.89. The van der Waals surface area contributed by atoms with E-state index in [0.717, 1.165) is 31.2 Å². The number of amides is 1. The van der Waals surface area contributed by atoms with Crippen LogP contribution in [0.3, 0.4) is 0 Å². The van der Waals surface area contributed by atoms with Gasteiger partial charge >= 0.3 is 5.97 Å². The third-order valence-electron chi connectivity index (χ3n) is 4.15. The molecule has 0 bridgehead atoms. The first-order valence-corrected chi connectivity index (χ1v) is 7.59. The molecule has 2 unspecified atom stereocenters. The molecule has 2 atom stereocenters. The standard InChI is InChI=1S/C16H23NO4/c1-10-9-11(2)21-14(10)15(18)17-13-8-6-4-3-5-7-12(13)16(19)20/h9,12-13H,3-8H2,1-2H3,(H,17,18)(H,19,20). The van der Waals surface area contributed by atoms with Crippen LogP contribution < -0.4 is 5.32 Å². The minimum atomic E-state index is -0.824. The van der Waals surface area contributed by atoms with Crippen LogP contribution >= 0.6 is 0 Å². The van der Waals surface area contributed by atoms with E-state index in [0.29, 0.717) is 24.4 Å². The number of carbonyl (C=O) groups excluding carboxylic acids is 1. The highest BCUT2D eigenvalue weighted by atomic mass is 16.4. The number of hydrogen-bond donors (Lipinski definition) is 2. The monoisotopic (exact) mass is 293 g/mol. The summed E-state index contributed by atoms with van der Waals surface area (Å²) in [6, 6.07) is 1.49. The third kappa shape index (κ3) is 3.86. The molecule has 2 N–H and O–H groups in total. The number of carboxylic acid groups (broad SMARTS) is 1. The van der Waals surface area contributed by atoms with Gasteiger partial charge in [0.25, 0.3) is 5.91 Å². The molecule has 1 aromatic rings. The molecule has 0 radical (unpaired) electrons. The molecule has 1 heterocycles. The lowest BCUT2D eigenvalue weighted by Crippen LogP contribution is -2.44. The molecule has 5 nitrogen and oxygen atoms in total. The number of nitrogens with one attached hydrogen (secondary N) is 1. The van der Waals surface area contributed by atoms with Crippen molar-refractivity contribution in [2.24, 2.45) is 5.92 Å². The number of rotatable bonds is 3. The summed E-state index contributed by atoms with van der Waals surface area (Å²) in [7, 11) is 0. The van der Waals surface area contributed by atoms with E-state index >= 15 is 0 Å². The summed E-state index contributed by atoms with van der Waals surface area (Å²) in [5.41, 5.74) is 0.780.